The zero-order chi connectivity index (χ0) is 14.9. The van der Waals surface area contributed by atoms with Crippen molar-refractivity contribution < 1.29 is 14.6 Å². The van der Waals surface area contributed by atoms with E-state index >= 15 is 0 Å². The minimum absolute atomic E-state index is 0.0382. The van der Waals surface area contributed by atoms with Gasteiger partial charge in [0.1, 0.15) is 5.60 Å². The molecule has 0 aliphatic carbocycles. The molecule has 2 atom stereocenters. The van der Waals surface area contributed by atoms with Crippen molar-refractivity contribution in [2.45, 2.75) is 45.3 Å². The van der Waals surface area contributed by atoms with E-state index in [4.69, 9.17) is 4.74 Å². The first-order valence-electron chi connectivity index (χ1n) is 6.99. The Bertz CT molecular complexity index is 493. The summed E-state index contributed by atoms with van der Waals surface area (Å²) in [4.78, 5) is 13.7. The van der Waals surface area contributed by atoms with Crippen molar-refractivity contribution in [2.24, 2.45) is 0 Å². The lowest BCUT2D eigenvalue weighted by Gasteiger charge is -2.24. The highest BCUT2D eigenvalue weighted by Crippen LogP contribution is 2.30. The standard InChI is InChI=1S/C16H23NO3/c1-11-7-5-6-8-12(11)13-9-17(10-14(13)18)15(19)20-16(2,3)4/h5-8,13-14,18H,9-10H2,1-4H3. The number of rotatable bonds is 1. The summed E-state index contributed by atoms with van der Waals surface area (Å²) in [5.41, 5.74) is 1.73. The van der Waals surface area contributed by atoms with Crippen molar-refractivity contribution in [3.05, 3.63) is 35.4 Å². The van der Waals surface area contributed by atoms with Gasteiger partial charge < -0.3 is 14.7 Å². The topological polar surface area (TPSA) is 49.8 Å². The summed E-state index contributed by atoms with van der Waals surface area (Å²) in [6.45, 7) is 8.38. The Balaban J connectivity index is 2.10. The van der Waals surface area contributed by atoms with E-state index in [1.54, 1.807) is 4.90 Å². The first-order chi connectivity index (χ1) is 9.28. The third-order valence-electron chi connectivity index (χ3n) is 3.53. The molecule has 0 bridgehead atoms. The molecule has 1 aliphatic rings. The van der Waals surface area contributed by atoms with Gasteiger partial charge in [-0.1, -0.05) is 24.3 Å². The number of amides is 1. The van der Waals surface area contributed by atoms with Crippen molar-refractivity contribution in [3.8, 4) is 0 Å². The lowest BCUT2D eigenvalue weighted by molar-refractivity contribution is 0.0270. The number of aliphatic hydroxyl groups is 1. The highest BCUT2D eigenvalue weighted by atomic mass is 16.6. The van der Waals surface area contributed by atoms with Crippen LogP contribution in [0.3, 0.4) is 0 Å². The van der Waals surface area contributed by atoms with Gasteiger partial charge in [-0.25, -0.2) is 4.79 Å². The van der Waals surface area contributed by atoms with Crippen molar-refractivity contribution in [3.63, 3.8) is 0 Å². The highest BCUT2D eigenvalue weighted by Gasteiger charge is 2.37. The molecule has 1 aromatic rings. The molecule has 4 nitrogen and oxygen atoms in total. The molecule has 1 aliphatic heterocycles. The molecule has 20 heavy (non-hydrogen) atoms. The van der Waals surface area contributed by atoms with Gasteiger partial charge in [0, 0.05) is 12.5 Å². The second-order valence-electron chi connectivity index (χ2n) is 6.42. The number of hydrogen-bond donors (Lipinski definition) is 1. The normalized spacial score (nSPS) is 22.9. The number of benzene rings is 1. The van der Waals surface area contributed by atoms with Crippen LogP contribution >= 0.6 is 0 Å². The van der Waals surface area contributed by atoms with Crippen molar-refractivity contribution in [1.29, 1.82) is 0 Å². The average Bonchev–Trinajstić information content (AvgIpc) is 2.70. The second-order valence-corrected chi connectivity index (χ2v) is 6.42. The third kappa shape index (κ3) is 3.31. The van der Waals surface area contributed by atoms with Crippen LogP contribution in [0.5, 0.6) is 0 Å². The Labute approximate surface area is 120 Å². The maximum Gasteiger partial charge on any atom is 0.410 e. The van der Waals surface area contributed by atoms with Gasteiger partial charge in [0.25, 0.3) is 0 Å². The number of ether oxygens (including phenoxy) is 1. The highest BCUT2D eigenvalue weighted by molar-refractivity contribution is 5.69. The number of likely N-dealkylation sites (tertiary alicyclic amines) is 1. The van der Waals surface area contributed by atoms with E-state index in [1.807, 2.05) is 52.0 Å². The molecule has 1 fully saturated rings. The van der Waals surface area contributed by atoms with Gasteiger partial charge in [-0.05, 0) is 38.8 Å². The molecule has 1 amide bonds. The molecule has 0 aromatic heterocycles. The van der Waals surface area contributed by atoms with Crippen molar-refractivity contribution in [1.82, 2.24) is 4.90 Å². The summed E-state index contributed by atoms with van der Waals surface area (Å²) < 4.78 is 5.36. The number of aryl methyl sites for hydroxylation is 1. The number of aliphatic hydroxyl groups excluding tert-OH is 1. The average molecular weight is 277 g/mol. The minimum Gasteiger partial charge on any atom is -0.444 e. The Morgan fingerprint density at radius 2 is 1.95 bits per heavy atom. The van der Waals surface area contributed by atoms with Crippen LogP contribution in [0.1, 0.15) is 37.8 Å². The van der Waals surface area contributed by atoms with Crippen LogP contribution in [0, 0.1) is 6.92 Å². The molecule has 0 saturated carbocycles. The van der Waals surface area contributed by atoms with Crippen LogP contribution in [0.2, 0.25) is 0 Å². The molecule has 4 heteroatoms. The fourth-order valence-corrected chi connectivity index (χ4v) is 2.57. The van der Waals surface area contributed by atoms with Gasteiger partial charge in [0.2, 0.25) is 0 Å². The van der Waals surface area contributed by atoms with Crippen molar-refractivity contribution in [2.75, 3.05) is 13.1 Å². The zero-order valence-corrected chi connectivity index (χ0v) is 12.6. The predicted octanol–water partition coefficient (Wildman–Crippen LogP) is 2.69. The fraction of sp³-hybridized carbons (Fsp3) is 0.562. The van der Waals surface area contributed by atoms with Gasteiger partial charge in [-0.2, -0.15) is 0 Å². The summed E-state index contributed by atoms with van der Waals surface area (Å²) >= 11 is 0. The van der Waals surface area contributed by atoms with Crippen LogP contribution in [0.15, 0.2) is 24.3 Å². The lowest BCUT2D eigenvalue weighted by Crippen LogP contribution is -2.35. The molecule has 1 N–H and O–H groups in total. The van der Waals surface area contributed by atoms with E-state index in [0.717, 1.165) is 11.1 Å². The molecule has 0 spiro atoms. The lowest BCUT2D eigenvalue weighted by atomic mass is 9.92. The first-order valence-corrected chi connectivity index (χ1v) is 6.99. The molecule has 1 heterocycles. The Hall–Kier alpha value is -1.55. The molecule has 0 radical (unpaired) electrons. The maximum atomic E-state index is 12.1. The second kappa shape index (κ2) is 5.44. The quantitative estimate of drug-likeness (QED) is 0.858. The first kappa shape index (κ1) is 14.9. The van der Waals surface area contributed by atoms with Crippen LogP contribution in [-0.4, -0.2) is 40.9 Å². The van der Waals surface area contributed by atoms with E-state index < -0.39 is 11.7 Å². The summed E-state index contributed by atoms with van der Waals surface area (Å²) in [7, 11) is 0. The van der Waals surface area contributed by atoms with Crippen molar-refractivity contribution >= 4 is 6.09 Å². The number of carbonyl (C=O) groups is 1. The monoisotopic (exact) mass is 277 g/mol. The van der Waals surface area contributed by atoms with Gasteiger partial charge in [-0.3, -0.25) is 0 Å². The molecular formula is C16H23NO3. The molecule has 2 unspecified atom stereocenters. The largest absolute Gasteiger partial charge is 0.444 e. The van der Waals surface area contributed by atoms with Gasteiger partial charge in [-0.15, -0.1) is 0 Å². The number of carbonyl (C=O) groups excluding carboxylic acids is 1. The van der Waals surface area contributed by atoms with E-state index in [1.165, 1.54) is 0 Å². The third-order valence-corrected chi connectivity index (χ3v) is 3.53. The summed E-state index contributed by atoms with van der Waals surface area (Å²) in [5, 5.41) is 10.2. The van der Waals surface area contributed by atoms with E-state index in [-0.39, 0.29) is 12.0 Å². The molecular weight excluding hydrogens is 254 g/mol. The van der Waals surface area contributed by atoms with Crippen LogP contribution in [0.25, 0.3) is 0 Å². The van der Waals surface area contributed by atoms with Gasteiger partial charge in [0.15, 0.2) is 0 Å². The van der Waals surface area contributed by atoms with Crippen LogP contribution in [-0.2, 0) is 4.74 Å². The summed E-state index contributed by atoms with van der Waals surface area (Å²) in [5.74, 6) is -0.0382. The number of nitrogens with zero attached hydrogens (tertiary/aromatic N) is 1. The van der Waals surface area contributed by atoms with E-state index in [2.05, 4.69) is 0 Å². The predicted molar refractivity (Wildman–Crippen MR) is 77.7 cm³/mol. The zero-order valence-electron chi connectivity index (χ0n) is 12.6. The molecule has 1 saturated heterocycles. The van der Waals surface area contributed by atoms with Gasteiger partial charge in [0.05, 0.1) is 12.6 Å². The molecule has 110 valence electrons. The number of β-amino-alcohol motifs (C(OH)–C–C–N with tert-alkyl or cyclic N) is 1. The smallest absolute Gasteiger partial charge is 0.410 e. The SMILES string of the molecule is Cc1ccccc1C1CN(C(=O)OC(C)(C)C)CC1O. The minimum atomic E-state index is -0.538. The van der Waals surface area contributed by atoms with E-state index in [0.29, 0.717) is 13.1 Å². The van der Waals surface area contributed by atoms with E-state index in [9.17, 15) is 9.90 Å². The van der Waals surface area contributed by atoms with Crippen LogP contribution in [0.4, 0.5) is 4.79 Å². The van der Waals surface area contributed by atoms with Gasteiger partial charge >= 0.3 is 6.09 Å². The molecule has 1 aromatic carbocycles. The number of hydrogen-bond acceptors (Lipinski definition) is 3. The molecule has 2 rings (SSSR count). The summed E-state index contributed by atoms with van der Waals surface area (Å²) in [6, 6.07) is 7.98. The summed E-state index contributed by atoms with van der Waals surface area (Å²) in [6.07, 6.45) is -0.892. The Kier molecular flexibility index (Phi) is 4.04. The fourth-order valence-electron chi connectivity index (χ4n) is 2.57. The maximum absolute atomic E-state index is 12.1. The van der Waals surface area contributed by atoms with Crippen LogP contribution < -0.4 is 0 Å². The Morgan fingerprint density at radius 3 is 2.55 bits per heavy atom. The Morgan fingerprint density at radius 1 is 1.30 bits per heavy atom.